The number of nitrogens with zero attached hydrogens (tertiary/aromatic N) is 1. The van der Waals surface area contributed by atoms with Gasteiger partial charge in [0.1, 0.15) is 6.04 Å². The number of benzene rings is 4. The maximum atomic E-state index is 12.3. The maximum absolute atomic E-state index is 12.3. The summed E-state index contributed by atoms with van der Waals surface area (Å²) in [6, 6.07) is 14.7. The van der Waals surface area contributed by atoms with Gasteiger partial charge in [-0.15, -0.1) is 0 Å². The van der Waals surface area contributed by atoms with E-state index < -0.39 is 83.0 Å². The highest BCUT2D eigenvalue weighted by Crippen LogP contribution is 2.30. The minimum Gasteiger partial charge on any atom is -0.478 e. The molecule has 4 aromatic rings. The van der Waals surface area contributed by atoms with Crippen LogP contribution in [0.1, 0.15) is 93.7 Å². The van der Waals surface area contributed by atoms with Crippen molar-refractivity contribution in [2.24, 2.45) is 10.9 Å². The summed E-state index contributed by atoms with van der Waals surface area (Å²) in [5.74, 6) is -7.13. The largest absolute Gasteiger partial charge is 0.478 e. The van der Waals surface area contributed by atoms with Gasteiger partial charge in [-0.3, -0.25) is 9.59 Å². The Morgan fingerprint density at radius 3 is 0.971 bits per heavy atom. The normalized spacial score (nSPS) is 11.3. The Bertz CT molecular complexity index is 2280. The van der Waals surface area contributed by atoms with Crippen LogP contribution in [0.5, 0.6) is 0 Å². The highest BCUT2D eigenvalue weighted by Gasteiger charge is 2.41. The number of carboxylic acid groups (broad SMARTS) is 1. The zero-order chi connectivity index (χ0) is 54.1. The van der Waals surface area contributed by atoms with Gasteiger partial charge in [0.15, 0.2) is 5.71 Å². The minimum absolute atomic E-state index is 0. The number of Topliss-reactive ketones (excluding diaryl/α,β-unsaturated/α-hetero) is 2. The van der Waals surface area contributed by atoms with Crippen LogP contribution in [0.3, 0.4) is 0 Å². The number of rotatable bonds is 8. The van der Waals surface area contributed by atoms with E-state index >= 15 is 0 Å². The lowest BCUT2D eigenvalue weighted by Gasteiger charge is -2.15. The highest BCUT2D eigenvalue weighted by atomic mass is 19.4. The first kappa shape index (κ1) is 66.9. The van der Waals surface area contributed by atoms with Crippen LogP contribution in [0, 0.1) is 0 Å². The van der Waals surface area contributed by atoms with E-state index in [2.05, 4.69) is 19.4 Å². The first-order chi connectivity index (χ1) is 31.8. The van der Waals surface area contributed by atoms with Crippen molar-refractivity contribution in [3.05, 3.63) is 142 Å². The highest BCUT2D eigenvalue weighted by molar-refractivity contribution is 6.05. The Morgan fingerprint density at radius 2 is 0.757 bits per heavy atom. The van der Waals surface area contributed by atoms with Gasteiger partial charge in [0.05, 0.1) is 43.6 Å². The van der Waals surface area contributed by atoms with E-state index in [4.69, 9.17) is 26.3 Å². The standard InChI is InChI=1S/C10H8F3NO3.C10H10F3NO2.C10H7F3O3.C9H5F3O3.C2H6O.CH4O.CH4/c1-17-9(15)7-4-2-6(3-5-7)8(14-16)10(11,12)13;2*1-16-9(15)7-4-2-6(3-5-7)8(14)10(11,12)13;10-9(11,12)7(13)5-1-3-6(4-2-5)8(14)15;1-2-3;1-2;/h2-5,16H,1H3;2-5,8H,14H2,1H3;2-5H,1H3;1-4H,(H,14,15);3H,2H2,1H3;2H,1H3;1H4. The third-order valence-corrected chi connectivity index (χ3v) is 7.47. The lowest BCUT2D eigenvalue weighted by atomic mass is 10.1. The van der Waals surface area contributed by atoms with Gasteiger partial charge in [-0.25, -0.2) is 19.2 Å². The van der Waals surface area contributed by atoms with Crippen molar-refractivity contribution < 1.29 is 116 Å². The molecule has 4 rings (SSSR count). The molecule has 1 unspecified atom stereocenters. The number of carbonyl (C=O) groups excluding carboxylic acids is 5. The van der Waals surface area contributed by atoms with Crippen LogP contribution in [0.4, 0.5) is 52.7 Å². The summed E-state index contributed by atoms with van der Waals surface area (Å²) in [5, 5.41) is 33.6. The SMILES string of the molecule is C.CCO.CO.COC(=O)c1ccc(C(=NO)C(F)(F)F)cc1.COC(=O)c1ccc(C(=O)C(F)(F)F)cc1.COC(=O)c1ccc(C(N)C(F)(F)F)cc1.O=C(O)c1ccc(C(=O)C(F)(F)F)cc1. The van der Waals surface area contributed by atoms with Crippen molar-refractivity contribution in [3.8, 4) is 0 Å². The molecule has 388 valence electrons. The second-order valence-electron chi connectivity index (χ2n) is 12.1. The molecule has 0 fully saturated rings. The van der Waals surface area contributed by atoms with Crippen molar-refractivity contribution in [1.29, 1.82) is 0 Å². The Morgan fingerprint density at radius 1 is 0.514 bits per heavy atom. The number of hydrogen-bond donors (Lipinski definition) is 5. The molecule has 6 N–H and O–H groups in total. The number of nitrogens with two attached hydrogens (primary N) is 1. The second-order valence-corrected chi connectivity index (χ2v) is 12.1. The number of halogens is 12. The average molecular weight is 1020 g/mol. The fourth-order valence-electron chi connectivity index (χ4n) is 4.26. The first-order valence-electron chi connectivity index (χ1n) is 18.1. The molecule has 0 amide bonds. The number of aliphatic hydroxyl groups is 2. The van der Waals surface area contributed by atoms with Crippen molar-refractivity contribution in [2.75, 3.05) is 35.0 Å². The molecule has 0 heterocycles. The fourth-order valence-corrected chi connectivity index (χ4v) is 4.26. The molecule has 15 nitrogen and oxygen atoms in total. The molecule has 27 heteroatoms. The van der Waals surface area contributed by atoms with Gasteiger partial charge >= 0.3 is 48.6 Å². The van der Waals surface area contributed by atoms with E-state index in [0.29, 0.717) is 0 Å². The van der Waals surface area contributed by atoms with E-state index in [9.17, 15) is 81.5 Å². The molecule has 0 bridgehead atoms. The monoisotopic (exact) mass is 1020 g/mol. The molecule has 1 atom stereocenters. The molecule has 0 saturated carbocycles. The Kier molecular flexibility index (Phi) is 29.5. The van der Waals surface area contributed by atoms with Crippen LogP contribution in [0.25, 0.3) is 0 Å². The van der Waals surface area contributed by atoms with Crippen LogP contribution in [-0.2, 0) is 14.2 Å². The number of carbonyl (C=O) groups is 6. The topological polar surface area (TPSA) is 249 Å². The number of ketones is 2. The molecule has 0 radical (unpaired) electrons. The third-order valence-electron chi connectivity index (χ3n) is 7.47. The molecular weight excluding hydrogens is 980 g/mol. The molecule has 0 aliphatic rings. The van der Waals surface area contributed by atoms with Crippen molar-refractivity contribution in [3.63, 3.8) is 0 Å². The van der Waals surface area contributed by atoms with Crippen LogP contribution in [0.15, 0.2) is 102 Å². The Hall–Kier alpha value is -7.39. The summed E-state index contributed by atoms with van der Waals surface area (Å²) in [7, 11) is 4.50. The van der Waals surface area contributed by atoms with Gasteiger partial charge in [-0.1, -0.05) is 61.1 Å². The van der Waals surface area contributed by atoms with Crippen LogP contribution >= 0.6 is 0 Å². The van der Waals surface area contributed by atoms with Crippen LogP contribution in [0.2, 0.25) is 0 Å². The average Bonchev–Trinajstić information content (AvgIpc) is 3.30. The smallest absolute Gasteiger partial charge is 0.454 e. The van der Waals surface area contributed by atoms with E-state index in [1.165, 1.54) is 19.2 Å². The molecular formula is C43H44F12N2O13. The minimum atomic E-state index is -4.94. The molecule has 0 aromatic heterocycles. The number of aromatic carboxylic acids is 1. The zero-order valence-electron chi connectivity index (χ0n) is 36.0. The molecule has 0 spiro atoms. The van der Waals surface area contributed by atoms with Gasteiger partial charge in [0.25, 0.3) is 11.6 Å². The predicted molar refractivity (Wildman–Crippen MR) is 223 cm³/mol. The number of alkyl halides is 12. The summed E-state index contributed by atoms with van der Waals surface area (Å²) in [5.41, 5.74) is 2.24. The Balaban J connectivity index is -0.000000825. The molecule has 0 saturated heterocycles. The molecule has 70 heavy (non-hydrogen) atoms. The van der Waals surface area contributed by atoms with Gasteiger partial charge in [0.2, 0.25) is 0 Å². The number of ether oxygens (including phenoxy) is 3. The van der Waals surface area contributed by atoms with Crippen LogP contribution < -0.4 is 5.73 Å². The summed E-state index contributed by atoms with van der Waals surface area (Å²) in [6.45, 7) is 1.93. The van der Waals surface area contributed by atoms with Crippen molar-refractivity contribution in [1.82, 2.24) is 0 Å². The van der Waals surface area contributed by atoms with E-state index in [-0.39, 0.29) is 47.4 Å². The summed E-state index contributed by atoms with van der Waals surface area (Å²) < 4.78 is 159. The van der Waals surface area contributed by atoms with Gasteiger partial charge in [-0.2, -0.15) is 52.7 Å². The Labute approximate surface area is 389 Å². The van der Waals surface area contributed by atoms with E-state index in [1.54, 1.807) is 6.92 Å². The summed E-state index contributed by atoms with van der Waals surface area (Å²) in [4.78, 5) is 64.8. The van der Waals surface area contributed by atoms with Crippen LogP contribution in [-0.4, -0.2) is 121 Å². The zero-order valence-corrected chi connectivity index (χ0v) is 36.0. The van der Waals surface area contributed by atoms with E-state index in [1.807, 2.05) is 0 Å². The summed E-state index contributed by atoms with van der Waals surface area (Å²) >= 11 is 0. The number of oxime groups is 1. The number of esters is 3. The number of carboxylic acids is 1. The van der Waals surface area contributed by atoms with Gasteiger partial charge in [-0.05, 0) is 61.0 Å². The second kappa shape index (κ2) is 30.9. The van der Waals surface area contributed by atoms with Gasteiger partial charge < -0.3 is 40.5 Å². The quantitative estimate of drug-likeness (QED) is 0.0210. The molecule has 0 aliphatic carbocycles. The number of aliphatic hydroxyl groups excluding tert-OH is 2. The van der Waals surface area contributed by atoms with E-state index in [0.717, 1.165) is 106 Å². The number of methoxy groups -OCH3 is 3. The molecule has 0 aliphatic heterocycles. The summed E-state index contributed by atoms with van der Waals surface area (Å²) in [6.07, 6.45) is -19.1. The lowest BCUT2D eigenvalue weighted by molar-refractivity contribution is -0.149. The van der Waals surface area contributed by atoms with Crippen molar-refractivity contribution in [2.45, 2.75) is 45.1 Å². The van der Waals surface area contributed by atoms with Gasteiger partial charge in [0, 0.05) is 30.4 Å². The lowest BCUT2D eigenvalue weighted by Crippen LogP contribution is -2.28. The fraction of sp³-hybridized carbons (Fsp3) is 0.279. The van der Waals surface area contributed by atoms with Crippen molar-refractivity contribution >= 4 is 41.2 Å². The third kappa shape index (κ3) is 23.1. The maximum Gasteiger partial charge on any atom is 0.454 e. The predicted octanol–water partition coefficient (Wildman–Crippen LogP) is 8.84. The molecule has 4 aromatic carbocycles. The first-order valence-corrected chi connectivity index (χ1v) is 18.1. The number of hydrogen-bond acceptors (Lipinski definition) is 14.